The molecule has 0 amide bonds. The summed E-state index contributed by atoms with van der Waals surface area (Å²) in [6.07, 6.45) is 3.86. The minimum atomic E-state index is -0.308. The number of aryl methyl sites for hydroxylation is 1. The van der Waals surface area contributed by atoms with Gasteiger partial charge in [-0.25, -0.2) is 0 Å². The number of benzene rings is 1. The summed E-state index contributed by atoms with van der Waals surface area (Å²) in [7, 11) is 0. The summed E-state index contributed by atoms with van der Waals surface area (Å²) in [6, 6.07) is 8.54. The van der Waals surface area contributed by atoms with Crippen molar-refractivity contribution in [1.82, 2.24) is 5.32 Å². The number of amidine groups is 2. The lowest BCUT2D eigenvalue weighted by Crippen LogP contribution is -2.41. The molecule has 0 aliphatic carbocycles. The van der Waals surface area contributed by atoms with Gasteiger partial charge in [0.25, 0.3) is 0 Å². The third-order valence-corrected chi connectivity index (χ3v) is 8.96. The van der Waals surface area contributed by atoms with Crippen LogP contribution >= 0.6 is 11.3 Å². The van der Waals surface area contributed by atoms with Gasteiger partial charge in [0.2, 0.25) is 0 Å². The van der Waals surface area contributed by atoms with Gasteiger partial charge in [0, 0.05) is 41.3 Å². The molecule has 1 spiro atoms. The average molecular weight is 463 g/mol. The van der Waals surface area contributed by atoms with Crippen molar-refractivity contribution in [2.75, 3.05) is 36.0 Å². The van der Waals surface area contributed by atoms with Crippen LogP contribution in [-0.4, -0.2) is 49.6 Å². The topological polar surface area (TPSA) is 78.6 Å². The first-order valence-electron chi connectivity index (χ1n) is 12.0. The molecule has 0 saturated carbocycles. The van der Waals surface area contributed by atoms with Gasteiger partial charge in [0.1, 0.15) is 22.7 Å². The third-order valence-electron chi connectivity index (χ3n) is 7.76. The van der Waals surface area contributed by atoms with Gasteiger partial charge in [-0.1, -0.05) is 12.1 Å². The van der Waals surface area contributed by atoms with Gasteiger partial charge in [-0.3, -0.25) is 20.7 Å². The highest BCUT2D eigenvalue weighted by atomic mass is 32.1. The van der Waals surface area contributed by atoms with Crippen molar-refractivity contribution in [1.29, 1.82) is 10.8 Å². The third kappa shape index (κ3) is 3.81. The van der Waals surface area contributed by atoms with Crippen LogP contribution in [0.15, 0.2) is 29.3 Å². The van der Waals surface area contributed by atoms with Gasteiger partial charge in [-0.05, 0) is 76.6 Å². The lowest BCUT2D eigenvalue weighted by atomic mass is 9.78. The zero-order valence-corrected chi connectivity index (χ0v) is 20.9. The molecule has 3 N–H and O–H groups in total. The summed E-state index contributed by atoms with van der Waals surface area (Å²) >= 11 is 1.66. The molecule has 6 nitrogen and oxygen atoms in total. The van der Waals surface area contributed by atoms with Crippen molar-refractivity contribution >= 4 is 39.4 Å². The molecule has 1 aromatic carbocycles. The molecule has 1 aromatic heterocycles. The van der Waals surface area contributed by atoms with Crippen molar-refractivity contribution in [3.63, 3.8) is 0 Å². The Morgan fingerprint density at radius 1 is 1.15 bits per heavy atom. The van der Waals surface area contributed by atoms with Crippen LogP contribution in [-0.2, 0) is 0 Å². The summed E-state index contributed by atoms with van der Waals surface area (Å²) in [5.41, 5.74) is 6.09. The van der Waals surface area contributed by atoms with Gasteiger partial charge in [-0.15, -0.1) is 11.3 Å². The fourth-order valence-corrected chi connectivity index (χ4v) is 6.73. The van der Waals surface area contributed by atoms with Crippen LogP contribution in [0.3, 0.4) is 0 Å². The number of fused-ring (bicyclic) bond motifs is 1. The summed E-state index contributed by atoms with van der Waals surface area (Å²) in [5.74, 6) is 0.724. The van der Waals surface area contributed by atoms with Crippen LogP contribution in [0.1, 0.15) is 54.7 Å². The second-order valence-corrected chi connectivity index (χ2v) is 11.1. The Morgan fingerprint density at radius 3 is 2.45 bits per heavy atom. The highest BCUT2D eigenvalue weighted by Gasteiger charge is 2.37. The quantitative estimate of drug-likeness (QED) is 0.436. The van der Waals surface area contributed by atoms with Crippen molar-refractivity contribution in [2.45, 2.75) is 53.0 Å². The van der Waals surface area contributed by atoms with Crippen LogP contribution in [0.2, 0.25) is 0 Å². The molecule has 33 heavy (non-hydrogen) atoms. The van der Waals surface area contributed by atoms with Crippen LogP contribution < -0.4 is 15.1 Å². The van der Waals surface area contributed by atoms with E-state index in [4.69, 9.17) is 15.8 Å². The summed E-state index contributed by atoms with van der Waals surface area (Å²) in [6.45, 7) is 12.5. The Morgan fingerprint density at radius 2 is 1.85 bits per heavy atom. The van der Waals surface area contributed by atoms with E-state index in [1.54, 1.807) is 23.2 Å². The van der Waals surface area contributed by atoms with Gasteiger partial charge < -0.3 is 10.2 Å². The number of hydrogen-bond acceptors (Lipinski definition) is 6. The van der Waals surface area contributed by atoms with E-state index in [2.05, 4.69) is 48.3 Å². The summed E-state index contributed by atoms with van der Waals surface area (Å²) in [5, 5.41) is 21.5. The Labute approximate surface area is 200 Å². The van der Waals surface area contributed by atoms with E-state index in [0.29, 0.717) is 17.1 Å². The second kappa shape index (κ2) is 8.37. The van der Waals surface area contributed by atoms with E-state index >= 15 is 0 Å². The molecule has 1 unspecified atom stereocenters. The zero-order valence-electron chi connectivity index (χ0n) is 20.1. The first-order chi connectivity index (χ1) is 15.8. The standard InChI is InChI=1S/C26H34N6S/c1-16-18(3)33-25-22(16)23(30-17(2)24(28)32(25)19(4)27)20-5-7-21(8-6-20)31-13-10-26(11-14-31)9-12-29-15-26/h5-8,17,27-29H,9-15H2,1-4H3. The Balaban J connectivity index is 1.46. The molecular weight excluding hydrogens is 428 g/mol. The minimum absolute atomic E-state index is 0.308. The number of nitrogens with zero attached hydrogens (tertiary/aromatic N) is 3. The van der Waals surface area contributed by atoms with Gasteiger partial charge in [0.15, 0.2) is 0 Å². The maximum absolute atomic E-state index is 8.70. The van der Waals surface area contributed by atoms with Gasteiger partial charge >= 0.3 is 0 Å². The summed E-state index contributed by atoms with van der Waals surface area (Å²) < 4.78 is 0. The molecule has 2 saturated heterocycles. The van der Waals surface area contributed by atoms with Crippen molar-refractivity contribution in [3.8, 4) is 0 Å². The van der Waals surface area contributed by atoms with Gasteiger partial charge in [0.05, 0.1) is 5.71 Å². The number of thiophene rings is 1. The molecule has 3 aliphatic heterocycles. The van der Waals surface area contributed by atoms with Gasteiger partial charge in [-0.2, -0.15) is 0 Å². The molecule has 5 rings (SSSR count). The Hall–Kier alpha value is -2.51. The van der Waals surface area contributed by atoms with Crippen LogP contribution in [0.4, 0.5) is 10.7 Å². The van der Waals surface area contributed by atoms with Crippen LogP contribution in [0, 0.1) is 30.1 Å². The SMILES string of the molecule is CC(=N)N1C(=N)C(C)N=C(c2ccc(N3CCC4(CCNC4)CC3)cc2)c2c1sc(C)c2C. The van der Waals surface area contributed by atoms with Crippen LogP contribution in [0.25, 0.3) is 0 Å². The molecule has 2 aromatic rings. The minimum Gasteiger partial charge on any atom is -0.371 e. The lowest BCUT2D eigenvalue weighted by molar-refractivity contribution is 0.247. The fourth-order valence-electron chi connectivity index (χ4n) is 5.50. The van der Waals surface area contributed by atoms with E-state index in [9.17, 15) is 0 Å². The van der Waals surface area contributed by atoms with Crippen molar-refractivity contribution in [2.24, 2.45) is 10.4 Å². The predicted octanol–water partition coefficient (Wildman–Crippen LogP) is 4.97. The fraction of sp³-hybridized carbons (Fsp3) is 0.500. The molecule has 2 fully saturated rings. The number of aliphatic imine (C=N–C) groups is 1. The maximum Gasteiger partial charge on any atom is 0.132 e. The summed E-state index contributed by atoms with van der Waals surface area (Å²) in [4.78, 5) is 10.5. The maximum atomic E-state index is 8.70. The molecule has 0 radical (unpaired) electrons. The number of hydrogen-bond donors (Lipinski definition) is 3. The van der Waals surface area contributed by atoms with Crippen molar-refractivity contribution in [3.05, 3.63) is 45.8 Å². The van der Waals surface area contributed by atoms with E-state index in [1.165, 1.54) is 48.5 Å². The van der Waals surface area contributed by atoms with E-state index in [1.807, 2.05) is 6.92 Å². The number of anilines is 2. The molecule has 7 heteroatoms. The van der Waals surface area contributed by atoms with Crippen molar-refractivity contribution < 1.29 is 0 Å². The molecular formula is C26H34N6S. The normalized spacial score (nSPS) is 22.4. The average Bonchev–Trinajstić information content (AvgIpc) is 3.34. The first-order valence-corrected chi connectivity index (χ1v) is 12.8. The van der Waals surface area contributed by atoms with E-state index < -0.39 is 0 Å². The van der Waals surface area contributed by atoms with E-state index in [-0.39, 0.29) is 6.04 Å². The second-order valence-electron chi connectivity index (χ2n) is 9.88. The first kappa shape index (κ1) is 22.3. The number of piperidine rings is 1. The highest BCUT2D eigenvalue weighted by Crippen LogP contribution is 2.41. The number of nitrogens with one attached hydrogen (secondary N) is 3. The lowest BCUT2D eigenvalue weighted by Gasteiger charge is -2.40. The van der Waals surface area contributed by atoms with E-state index in [0.717, 1.165) is 34.9 Å². The molecule has 3 aliphatic rings. The molecule has 174 valence electrons. The molecule has 1 atom stereocenters. The zero-order chi connectivity index (χ0) is 23.3. The largest absolute Gasteiger partial charge is 0.371 e. The molecule has 0 bridgehead atoms. The highest BCUT2D eigenvalue weighted by molar-refractivity contribution is 7.17. The monoisotopic (exact) mass is 462 g/mol. The Bertz CT molecular complexity index is 1110. The molecule has 4 heterocycles. The Kier molecular flexibility index (Phi) is 5.65. The smallest absolute Gasteiger partial charge is 0.132 e. The number of rotatable bonds is 2. The van der Waals surface area contributed by atoms with Crippen LogP contribution in [0.5, 0.6) is 0 Å². The predicted molar refractivity (Wildman–Crippen MR) is 140 cm³/mol.